The van der Waals surface area contributed by atoms with Crippen LogP contribution in [0.5, 0.6) is 0 Å². The van der Waals surface area contributed by atoms with Crippen LogP contribution in [0.3, 0.4) is 0 Å². The number of rotatable bonds is 18. The van der Waals surface area contributed by atoms with Crippen molar-refractivity contribution in [3.8, 4) is 0 Å². The molecule has 1 fully saturated rings. The molecule has 1 aliphatic heterocycles. The van der Waals surface area contributed by atoms with Gasteiger partial charge in [-0.2, -0.15) is 0 Å². The zero-order chi connectivity index (χ0) is 37.4. The highest BCUT2D eigenvalue weighted by Gasteiger charge is 2.32. The van der Waals surface area contributed by atoms with Crippen LogP contribution in [0, 0.1) is 5.41 Å². The maximum absolute atomic E-state index is 13.0. The Morgan fingerprint density at radius 1 is 0.633 bits per heavy atom. The van der Waals surface area contributed by atoms with Gasteiger partial charge in [-0.3, -0.25) is 48.4 Å². The molecule has 1 rings (SSSR count). The zero-order valence-electron chi connectivity index (χ0n) is 30.2. The number of aliphatic carboxylic acids is 4. The van der Waals surface area contributed by atoms with Gasteiger partial charge in [0.25, 0.3) is 0 Å². The maximum Gasteiger partial charge on any atom is 0.320 e. The Balaban J connectivity index is 2.90. The Kier molecular flexibility index (Phi) is 18.9. The van der Waals surface area contributed by atoms with Gasteiger partial charge in [-0.1, -0.05) is 20.8 Å². The molecule has 0 aromatic carbocycles. The lowest BCUT2D eigenvalue weighted by Gasteiger charge is -2.35. The average Bonchev–Trinajstić information content (AvgIpc) is 2.94. The molecular formula is C33H60N6O10. The molecule has 0 aromatic rings. The summed E-state index contributed by atoms with van der Waals surface area (Å²) in [4.78, 5) is 79.2. The quantitative estimate of drug-likeness (QED) is 0.106. The van der Waals surface area contributed by atoms with Gasteiger partial charge in [0.2, 0.25) is 5.91 Å². The van der Waals surface area contributed by atoms with Crippen LogP contribution < -0.4 is 10.6 Å². The lowest BCUT2D eigenvalue weighted by atomic mass is 9.84. The monoisotopic (exact) mass is 700 g/mol. The van der Waals surface area contributed by atoms with E-state index < -0.39 is 35.3 Å². The Bertz CT molecular complexity index is 1070. The molecule has 16 nitrogen and oxygen atoms in total. The Hall–Kier alpha value is -3.18. The van der Waals surface area contributed by atoms with E-state index in [2.05, 4.69) is 10.6 Å². The third-order valence-electron chi connectivity index (χ3n) is 8.22. The van der Waals surface area contributed by atoms with E-state index in [-0.39, 0.29) is 108 Å². The van der Waals surface area contributed by atoms with Crippen LogP contribution in [0.2, 0.25) is 0 Å². The molecule has 0 bridgehead atoms. The van der Waals surface area contributed by atoms with Crippen LogP contribution in [0.1, 0.15) is 73.6 Å². The minimum absolute atomic E-state index is 0.0108. The zero-order valence-corrected chi connectivity index (χ0v) is 30.2. The maximum atomic E-state index is 13.0. The second-order valence-electron chi connectivity index (χ2n) is 14.8. The van der Waals surface area contributed by atoms with Crippen molar-refractivity contribution in [3.05, 3.63) is 0 Å². The van der Waals surface area contributed by atoms with Crippen molar-refractivity contribution in [2.75, 3.05) is 78.5 Å². The number of nitrogens with zero attached hydrogens (tertiary/aromatic N) is 4. The first-order valence-electron chi connectivity index (χ1n) is 17.1. The minimum Gasteiger partial charge on any atom is -0.480 e. The Morgan fingerprint density at radius 2 is 1.06 bits per heavy atom. The second-order valence-corrected chi connectivity index (χ2v) is 14.8. The van der Waals surface area contributed by atoms with E-state index in [4.69, 9.17) is 0 Å². The number of nitrogens with one attached hydrogen (secondary N) is 2. The fourth-order valence-electron chi connectivity index (χ4n) is 5.75. The normalized spacial score (nSPS) is 18.1. The van der Waals surface area contributed by atoms with Crippen molar-refractivity contribution in [1.82, 2.24) is 30.2 Å². The summed E-state index contributed by atoms with van der Waals surface area (Å²) in [6.45, 7) is 12.7. The number of carbonyl (C=O) groups excluding carboxylic acids is 2. The van der Waals surface area contributed by atoms with Crippen LogP contribution in [0.25, 0.3) is 0 Å². The number of carbonyl (C=O) groups is 6. The average molecular weight is 701 g/mol. The highest BCUT2D eigenvalue weighted by Crippen LogP contribution is 2.21. The SMILES string of the molecule is CC(C)(C)N[C@H](CCCCNC(=O)CC[C@@H](C(=O)O)N1CCN(CC(=O)O)CCN(CC(=O)O)CCN(CC(=O)O)CC1)C(=O)C(C)(C)C. The predicted molar refractivity (Wildman–Crippen MR) is 182 cm³/mol. The minimum atomic E-state index is -1.15. The number of hydrogen-bond acceptors (Lipinski definition) is 11. The summed E-state index contributed by atoms with van der Waals surface area (Å²) in [6.07, 6.45) is 1.89. The van der Waals surface area contributed by atoms with Crippen LogP contribution in [-0.4, -0.2) is 172 Å². The van der Waals surface area contributed by atoms with Crippen LogP contribution in [-0.2, 0) is 28.8 Å². The van der Waals surface area contributed by atoms with Crippen molar-refractivity contribution in [3.63, 3.8) is 0 Å². The van der Waals surface area contributed by atoms with Crippen LogP contribution in [0.15, 0.2) is 0 Å². The predicted octanol–water partition coefficient (Wildman–Crippen LogP) is 0.354. The highest BCUT2D eigenvalue weighted by molar-refractivity contribution is 5.88. The molecule has 0 saturated carbocycles. The van der Waals surface area contributed by atoms with E-state index in [9.17, 15) is 49.2 Å². The molecule has 282 valence electrons. The molecule has 1 saturated heterocycles. The summed E-state index contributed by atoms with van der Waals surface area (Å²) >= 11 is 0. The van der Waals surface area contributed by atoms with E-state index in [1.165, 1.54) is 0 Å². The van der Waals surface area contributed by atoms with Gasteiger partial charge >= 0.3 is 23.9 Å². The molecular weight excluding hydrogens is 640 g/mol. The van der Waals surface area contributed by atoms with E-state index >= 15 is 0 Å². The number of carboxylic acids is 4. The molecule has 1 aliphatic rings. The first-order valence-corrected chi connectivity index (χ1v) is 17.1. The molecule has 0 spiro atoms. The largest absolute Gasteiger partial charge is 0.480 e. The number of Topliss-reactive ketones (excluding diaryl/α,β-unsaturated/α-hetero) is 1. The molecule has 0 radical (unpaired) electrons. The van der Waals surface area contributed by atoms with Crippen molar-refractivity contribution in [1.29, 1.82) is 0 Å². The number of unbranched alkanes of at least 4 members (excludes halogenated alkanes) is 1. The fraction of sp³-hybridized carbons (Fsp3) is 0.818. The number of amides is 1. The molecule has 0 unspecified atom stereocenters. The Morgan fingerprint density at radius 3 is 1.43 bits per heavy atom. The van der Waals surface area contributed by atoms with Gasteiger partial charge in [-0.15, -0.1) is 0 Å². The van der Waals surface area contributed by atoms with Crippen molar-refractivity contribution in [2.45, 2.75) is 91.3 Å². The summed E-state index contributed by atoms with van der Waals surface area (Å²) in [5, 5.41) is 44.6. The van der Waals surface area contributed by atoms with E-state index in [0.717, 1.165) is 0 Å². The van der Waals surface area contributed by atoms with Crippen molar-refractivity contribution in [2.24, 2.45) is 5.41 Å². The van der Waals surface area contributed by atoms with E-state index in [0.29, 0.717) is 25.8 Å². The lowest BCUT2D eigenvalue weighted by Crippen LogP contribution is -2.52. The molecule has 6 N–H and O–H groups in total. The van der Waals surface area contributed by atoms with E-state index in [1.54, 1.807) is 19.6 Å². The first-order chi connectivity index (χ1) is 22.7. The second kappa shape index (κ2) is 21.1. The highest BCUT2D eigenvalue weighted by atomic mass is 16.4. The van der Waals surface area contributed by atoms with Gasteiger partial charge in [0.1, 0.15) is 6.04 Å². The third-order valence-corrected chi connectivity index (χ3v) is 8.22. The van der Waals surface area contributed by atoms with Gasteiger partial charge < -0.3 is 31.1 Å². The number of carboxylic acid groups (broad SMARTS) is 4. The topological polar surface area (TPSA) is 220 Å². The smallest absolute Gasteiger partial charge is 0.320 e. The van der Waals surface area contributed by atoms with Crippen LogP contribution in [0.4, 0.5) is 0 Å². The summed E-state index contributed by atoms with van der Waals surface area (Å²) in [7, 11) is 0. The van der Waals surface area contributed by atoms with Gasteiger partial charge in [0, 0.05) is 76.3 Å². The number of hydrogen-bond donors (Lipinski definition) is 6. The van der Waals surface area contributed by atoms with Gasteiger partial charge in [0.15, 0.2) is 5.78 Å². The van der Waals surface area contributed by atoms with Gasteiger partial charge in [0.05, 0.1) is 25.7 Å². The molecule has 0 aromatic heterocycles. The summed E-state index contributed by atoms with van der Waals surface area (Å²) in [5.41, 5.74) is -0.733. The first kappa shape index (κ1) is 43.8. The molecule has 1 heterocycles. The molecule has 2 atom stereocenters. The Labute approximate surface area is 290 Å². The van der Waals surface area contributed by atoms with Gasteiger partial charge in [-0.25, -0.2) is 0 Å². The summed E-state index contributed by atoms with van der Waals surface area (Å²) in [6, 6.07) is -1.39. The van der Waals surface area contributed by atoms with Crippen molar-refractivity contribution >= 4 is 35.6 Å². The standard InChI is InChI=1S/C33H60N6O10/c1-32(2,3)30(47)24(35-33(4,5)6)9-7-8-12-34-26(40)11-10-25(31(48)49)39-19-17-37(22-28(43)44)15-13-36(21-27(41)42)14-16-38(18-20-39)23-29(45)46/h24-25,35H,7-23H2,1-6H3,(H,34,40)(H,41,42)(H,43,44)(H,45,46)(H,48,49)/t24-,25+/m1/s1. The summed E-state index contributed by atoms with van der Waals surface area (Å²) in [5.74, 6) is -4.55. The molecule has 49 heavy (non-hydrogen) atoms. The summed E-state index contributed by atoms with van der Waals surface area (Å²) < 4.78 is 0. The van der Waals surface area contributed by atoms with E-state index in [1.807, 2.05) is 41.5 Å². The molecule has 1 amide bonds. The van der Waals surface area contributed by atoms with Gasteiger partial charge in [-0.05, 0) is 46.5 Å². The third kappa shape index (κ3) is 19.6. The fourth-order valence-corrected chi connectivity index (χ4v) is 5.75. The molecule has 0 aliphatic carbocycles. The molecule has 16 heteroatoms. The number of ketones is 1. The lowest BCUT2D eigenvalue weighted by molar-refractivity contribution is -0.145. The van der Waals surface area contributed by atoms with Crippen LogP contribution >= 0.6 is 0 Å². The van der Waals surface area contributed by atoms with Crippen molar-refractivity contribution < 1.29 is 49.2 Å².